The van der Waals surface area contributed by atoms with E-state index in [1.807, 2.05) is 0 Å². The Labute approximate surface area is 107 Å². The summed E-state index contributed by atoms with van der Waals surface area (Å²) in [6.45, 7) is 0. The van der Waals surface area contributed by atoms with Crippen molar-refractivity contribution in [2.24, 2.45) is 12.2 Å². The van der Waals surface area contributed by atoms with Crippen LogP contribution in [0.1, 0.15) is 10.5 Å². The number of halogens is 3. The molecule has 0 unspecified atom stereocenters. The van der Waals surface area contributed by atoms with Crippen molar-refractivity contribution in [3.05, 3.63) is 18.0 Å². The van der Waals surface area contributed by atoms with Crippen molar-refractivity contribution in [3.63, 3.8) is 0 Å². The van der Waals surface area contributed by atoms with E-state index in [4.69, 9.17) is 39.9 Å². The number of rotatable bonds is 2. The van der Waals surface area contributed by atoms with E-state index in [0.29, 0.717) is 0 Å². The molecule has 0 radical (unpaired) electrons. The first kappa shape index (κ1) is 13.8. The van der Waals surface area contributed by atoms with Gasteiger partial charge in [-0.2, -0.15) is 0 Å². The average molecular weight is 306 g/mol. The molecule has 0 spiro atoms. The fourth-order valence-electron chi connectivity index (χ4n) is 1.06. The highest BCUT2D eigenvalue weighted by Crippen LogP contribution is 2.31. The molecule has 9 heteroatoms. The third-order valence-electron chi connectivity index (χ3n) is 1.80. The number of alkyl halides is 3. The van der Waals surface area contributed by atoms with Crippen molar-refractivity contribution in [1.29, 1.82) is 0 Å². The lowest BCUT2D eigenvalue weighted by molar-refractivity contribution is 0.0988. The maximum atomic E-state index is 11.6. The zero-order valence-electron chi connectivity index (χ0n) is 7.95. The number of aryl methyl sites for hydroxylation is 1. The molecule has 0 amide bonds. The Morgan fingerprint density at radius 1 is 1.44 bits per heavy atom. The van der Waals surface area contributed by atoms with Gasteiger partial charge in [-0.25, -0.2) is 13.6 Å². The summed E-state index contributed by atoms with van der Waals surface area (Å²) in [5.41, 5.74) is -0.0518. The molecule has 90 valence electrons. The number of sulfonamides is 1. The van der Waals surface area contributed by atoms with Crippen molar-refractivity contribution >= 4 is 50.6 Å². The lowest BCUT2D eigenvalue weighted by Crippen LogP contribution is -2.21. The zero-order valence-corrected chi connectivity index (χ0v) is 11.0. The molecule has 0 aromatic carbocycles. The van der Waals surface area contributed by atoms with Gasteiger partial charge in [0.25, 0.3) is 3.79 Å². The smallest absolute Gasteiger partial charge is 0.255 e. The minimum absolute atomic E-state index is 0.0518. The molecule has 0 aliphatic heterocycles. The summed E-state index contributed by atoms with van der Waals surface area (Å²) in [7, 11) is -2.44. The number of nitrogens with zero attached hydrogens (tertiary/aromatic N) is 1. The van der Waals surface area contributed by atoms with Gasteiger partial charge in [-0.15, -0.1) is 0 Å². The molecule has 0 aliphatic carbocycles. The Morgan fingerprint density at radius 2 is 1.94 bits per heavy atom. The van der Waals surface area contributed by atoms with E-state index in [0.717, 1.165) is 6.07 Å². The highest BCUT2D eigenvalue weighted by Gasteiger charge is 2.34. The number of primary sulfonamides is 1. The second-order valence-corrected chi connectivity index (χ2v) is 6.89. The molecule has 0 saturated carbocycles. The van der Waals surface area contributed by atoms with Gasteiger partial charge in [-0.1, -0.05) is 34.8 Å². The molecular weight excluding hydrogens is 299 g/mol. The van der Waals surface area contributed by atoms with Gasteiger partial charge < -0.3 is 4.57 Å². The summed E-state index contributed by atoms with van der Waals surface area (Å²) < 4.78 is 21.1. The highest BCUT2D eigenvalue weighted by atomic mass is 35.6. The minimum Gasteiger partial charge on any atom is -0.347 e. The second-order valence-electron chi connectivity index (χ2n) is 3.04. The van der Waals surface area contributed by atoms with Crippen LogP contribution in [0.3, 0.4) is 0 Å². The van der Waals surface area contributed by atoms with Crippen molar-refractivity contribution in [2.75, 3.05) is 0 Å². The highest BCUT2D eigenvalue weighted by molar-refractivity contribution is 7.89. The van der Waals surface area contributed by atoms with Crippen LogP contribution in [-0.4, -0.2) is 22.6 Å². The topological polar surface area (TPSA) is 82.2 Å². The number of hydrogen-bond acceptors (Lipinski definition) is 3. The van der Waals surface area contributed by atoms with Crippen LogP contribution in [0.5, 0.6) is 0 Å². The van der Waals surface area contributed by atoms with Crippen LogP contribution in [0.2, 0.25) is 0 Å². The summed E-state index contributed by atoms with van der Waals surface area (Å²) in [6, 6.07) is 1.06. The first-order chi connectivity index (χ1) is 7.03. The van der Waals surface area contributed by atoms with Crippen molar-refractivity contribution in [2.45, 2.75) is 8.69 Å². The normalized spacial score (nSPS) is 12.8. The number of Topliss-reactive ketones (excluding diaryl/α,β-unsaturated/α-hetero) is 1. The quantitative estimate of drug-likeness (QED) is 0.659. The van der Waals surface area contributed by atoms with Gasteiger partial charge in [0.2, 0.25) is 15.8 Å². The Balaban J connectivity index is 3.29. The maximum absolute atomic E-state index is 11.6. The van der Waals surface area contributed by atoms with E-state index in [1.165, 1.54) is 17.8 Å². The van der Waals surface area contributed by atoms with Crippen LogP contribution in [0.4, 0.5) is 0 Å². The van der Waals surface area contributed by atoms with Gasteiger partial charge >= 0.3 is 0 Å². The van der Waals surface area contributed by atoms with Crippen LogP contribution >= 0.6 is 34.8 Å². The Hall–Kier alpha value is -0.270. The molecule has 0 aliphatic rings. The van der Waals surface area contributed by atoms with E-state index in [-0.39, 0.29) is 10.6 Å². The predicted molar refractivity (Wildman–Crippen MR) is 61.4 cm³/mol. The van der Waals surface area contributed by atoms with Crippen LogP contribution in [0.25, 0.3) is 0 Å². The van der Waals surface area contributed by atoms with E-state index in [9.17, 15) is 13.2 Å². The summed E-state index contributed by atoms with van der Waals surface area (Å²) in [6.07, 6.45) is 1.17. The lowest BCUT2D eigenvalue weighted by Gasteiger charge is -2.09. The molecule has 1 heterocycles. The molecule has 2 N–H and O–H groups in total. The maximum Gasteiger partial charge on any atom is 0.255 e. The number of hydrogen-bond donors (Lipinski definition) is 1. The number of ketones is 1. The number of carbonyl (C=O) groups excluding carboxylic acids is 1. The number of carbonyl (C=O) groups is 1. The largest absolute Gasteiger partial charge is 0.347 e. The minimum atomic E-state index is -3.89. The first-order valence-electron chi connectivity index (χ1n) is 3.84. The Kier molecular flexibility index (Phi) is 3.62. The van der Waals surface area contributed by atoms with Crippen molar-refractivity contribution in [3.8, 4) is 0 Å². The van der Waals surface area contributed by atoms with Gasteiger partial charge in [0.05, 0.1) is 5.69 Å². The van der Waals surface area contributed by atoms with Gasteiger partial charge in [0, 0.05) is 13.2 Å². The molecule has 0 atom stereocenters. The predicted octanol–water partition coefficient (Wildman–Crippen LogP) is 1.23. The van der Waals surface area contributed by atoms with Crippen molar-refractivity contribution < 1.29 is 13.2 Å². The Bertz CT molecular complexity index is 530. The fraction of sp³-hybridized carbons (Fsp3) is 0.286. The van der Waals surface area contributed by atoms with Crippen molar-refractivity contribution in [1.82, 2.24) is 4.57 Å². The summed E-state index contributed by atoms with van der Waals surface area (Å²) in [5.74, 6) is -0.824. The monoisotopic (exact) mass is 304 g/mol. The van der Waals surface area contributed by atoms with E-state index in [2.05, 4.69) is 0 Å². The van der Waals surface area contributed by atoms with E-state index in [1.54, 1.807) is 0 Å². The number of nitrogens with two attached hydrogens (primary N) is 1. The first-order valence-corrected chi connectivity index (χ1v) is 6.52. The SMILES string of the molecule is Cn1cc(S(N)(=O)=O)cc1C(=O)C(Cl)(Cl)Cl. The fourth-order valence-corrected chi connectivity index (χ4v) is 1.93. The standard InChI is InChI=1S/C7H7Cl3N2O3S/c1-12-3-4(16(11,14)15)2-5(12)6(13)7(8,9)10/h2-3H,1H3,(H2,11,14,15). The van der Waals surface area contributed by atoms with Crippen LogP contribution < -0.4 is 5.14 Å². The van der Waals surface area contributed by atoms with Gasteiger partial charge in [-0.3, -0.25) is 4.79 Å². The molecule has 1 aromatic heterocycles. The molecule has 16 heavy (non-hydrogen) atoms. The van der Waals surface area contributed by atoms with Crippen LogP contribution in [0, 0.1) is 0 Å². The molecule has 5 nitrogen and oxygen atoms in total. The molecule has 0 bridgehead atoms. The lowest BCUT2D eigenvalue weighted by atomic mass is 10.3. The Morgan fingerprint density at radius 3 is 2.25 bits per heavy atom. The van der Waals surface area contributed by atoms with E-state index >= 15 is 0 Å². The van der Waals surface area contributed by atoms with Crippen LogP contribution in [0.15, 0.2) is 17.2 Å². The molecule has 1 rings (SSSR count). The average Bonchev–Trinajstić information content (AvgIpc) is 2.43. The molecule has 1 aromatic rings. The zero-order chi connectivity index (χ0) is 12.7. The second kappa shape index (κ2) is 4.19. The number of aromatic nitrogens is 1. The third kappa shape index (κ3) is 2.89. The van der Waals surface area contributed by atoms with Crippen LogP contribution in [-0.2, 0) is 17.1 Å². The molecular formula is C7H7Cl3N2O3S. The third-order valence-corrected chi connectivity index (χ3v) is 3.19. The summed E-state index contributed by atoms with van der Waals surface area (Å²) in [5, 5.41) is 4.90. The summed E-state index contributed by atoms with van der Waals surface area (Å²) >= 11 is 16.2. The molecule has 0 saturated heterocycles. The molecule has 0 fully saturated rings. The van der Waals surface area contributed by atoms with Gasteiger partial charge in [-0.05, 0) is 6.07 Å². The van der Waals surface area contributed by atoms with Gasteiger partial charge in [0.1, 0.15) is 4.90 Å². The van der Waals surface area contributed by atoms with E-state index < -0.39 is 19.6 Å². The van der Waals surface area contributed by atoms with Gasteiger partial charge in [0.15, 0.2) is 0 Å². The summed E-state index contributed by atoms with van der Waals surface area (Å²) in [4.78, 5) is 11.4.